The molecule has 2 aromatic rings. The third-order valence-corrected chi connectivity index (χ3v) is 4.22. The smallest absolute Gasteiger partial charge is 0.291 e. The van der Waals surface area contributed by atoms with Crippen LogP contribution in [0.2, 0.25) is 0 Å². The summed E-state index contributed by atoms with van der Waals surface area (Å²) in [5, 5.41) is 12.9. The van der Waals surface area contributed by atoms with Crippen molar-refractivity contribution in [3.05, 3.63) is 47.0 Å². The number of quaternary nitrogens is 1. The molecule has 4 nitrogen and oxygen atoms in total. The quantitative estimate of drug-likeness (QED) is 0.898. The van der Waals surface area contributed by atoms with E-state index in [1.54, 1.807) is 0 Å². The number of rotatable bonds is 4. The summed E-state index contributed by atoms with van der Waals surface area (Å²) < 4.78 is 0. The van der Waals surface area contributed by atoms with E-state index in [-0.39, 0.29) is 0 Å². The van der Waals surface area contributed by atoms with Crippen LogP contribution in [0.3, 0.4) is 0 Å². The Morgan fingerprint density at radius 3 is 2.55 bits per heavy atom. The zero-order chi connectivity index (χ0) is 15.4. The lowest BCUT2D eigenvalue weighted by molar-refractivity contribution is -0.366. The highest BCUT2D eigenvalue weighted by atomic mass is 15.0. The Morgan fingerprint density at radius 2 is 1.86 bits per heavy atom. The van der Waals surface area contributed by atoms with E-state index in [4.69, 9.17) is 0 Å². The number of fused-ring (bicyclic) bond motifs is 1. The number of anilines is 1. The highest BCUT2D eigenvalue weighted by molar-refractivity contribution is 5.67. The van der Waals surface area contributed by atoms with Crippen LogP contribution in [0.25, 0.3) is 11.3 Å². The summed E-state index contributed by atoms with van der Waals surface area (Å²) in [6.07, 6.45) is 4.39. The summed E-state index contributed by atoms with van der Waals surface area (Å²) in [5.41, 5.74) is 9.52. The van der Waals surface area contributed by atoms with Gasteiger partial charge in [0.05, 0.1) is 0 Å². The number of pyridine rings is 1. The Hall–Kier alpha value is -2.38. The number of nitriles is 1. The highest BCUT2D eigenvalue weighted by Crippen LogP contribution is 2.32. The predicted octanol–water partition coefficient (Wildman–Crippen LogP) is 1.57. The van der Waals surface area contributed by atoms with E-state index in [2.05, 4.69) is 46.4 Å². The Labute approximate surface area is 131 Å². The second-order valence-corrected chi connectivity index (χ2v) is 5.67. The lowest BCUT2D eigenvalue weighted by Crippen LogP contribution is -2.53. The lowest BCUT2D eigenvalue weighted by Gasteiger charge is -2.19. The number of nitrogens with one attached hydrogen (secondary N) is 2. The molecule has 5 N–H and O–H groups in total. The first-order valence-electron chi connectivity index (χ1n) is 7.94. The molecule has 1 aromatic heterocycles. The molecule has 3 rings (SSSR count). The Balaban J connectivity index is 2.19. The first-order chi connectivity index (χ1) is 10.8. The fourth-order valence-electron chi connectivity index (χ4n) is 3.19. The van der Waals surface area contributed by atoms with E-state index in [0.717, 1.165) is 49.4 Å². The fraction of sp³-hybridized carbons (Fsp3) is 0.333. The zero-order valence-electron chi connectivity index (χ0n) is 12.8. The van der Waals surface area contributed by atoms with Gasteiger partial charge in [0.2, 0.25) is 0 Å². The minimum Gasteiger partial charge on any atom is -0.354 e. The molecule has 112 valence electrons. The number of nitrogens with zero attached hydrogens (tertiary/aromatic N) is 1. The molecular weight excluding hydrogens is 272 g/mol. The van der Waals surface area contributed by atoms with Crippen LogP contribution in [0.5, 0.6) is 0 Å². The van der Waals surface area contributed by atoms with Gasteiger partial charge in [-0.3, -0.25) is 5.32 Å². The van der Waals surface area contributed by atoms with E-state index < -0.39 is 0 Å². The maximum atomic E-state index is 9.61. The van der Waals surface area contributed by atoms with Crippen molar-refractivity contribution < 1.29 is 10.7 Å². The fourth-order valence-corrected chi connectivity index (χ4v) is 3.19. The van der Waals surface area contributed by atoms with Gasteiger partial charge < -0.3 is 5.73 Å². The van der Waals surface area contributed by atoms with Gasteiger partial charge in [0, 0.05) is 11.1 Å². The molecule has 0 aliphatic heterocycles. The average Bonchev–Trinajstić information content (AvgIpc) is 2.59. The molecule has 0 atom stereocenters. The first-order valence-corrected chi connectivity index (χ1v) is 7.94. The van der Waals surface area contributed by atoms with E-state index >= 15 is 0 Å². The number of H-pyrrole nitrogens is 1. The molecule has 1 aliphatic rings. The van der Waals surface area contributed by atoms with Crippen LogP contribution in [0.4, 0.5) is 5.82 Å². The van der Waals surface area contributed by atoms with Gasteiger partial charge in [0.1, 0.15) is 30.4 Å². The van der Waals surface area contributed by atoms with Gasteiger partial charge >= 0.3 is 0 Å². The van der Waals surface area contributed by atoms with Crippen LogP contribution in [0.1, 0.15) is 29.5 Å². The third kappa shape index (κ3) is 2.68. The highest BCUT2D eigenvalue weighted by Gasteiger charge is 2.26. The Bertz CT molecular complexity index is 701. The van der Waals surface area contributed by atoms with Crippen molar-refractivity contribution in [3.8, 4) is 17.3 Å². The summed E-state index contributed by atoms with van der Waals surface area (Å²) in [6, 6.07) is 12.8. The van der Waals surface area contributed by atoms with Gasteiger partial charge in [0.25, 0.3) is 5.82 Å². The minimum atomic E-state index is 0.762. The van der Waals surface area contributed by atoms with Crippen molar-refractivity contribution in [2.75, 3.05) is 18.4 Å². The summed E-state index contributed by atoms with van der Waals surface area (Å²) in [7, 11) is 0. The van der Waals surface area contributed by atoms with Crippen molar-refractivity contribution in [3.63, 3.8) is 0 Å². The minimum absolute atomic E-state index is 0.762. The second-order valence-electron chi connectivity index (χ2n) is 5.67. The number of aromatic amines is 1. The molecule has 0 saturated heterocycles. The molecule has 0 saturated carbocycles. The van der Waals surface area contributed by atoms with E-state index in [1.165, 1.54) is 23.1 Å². The monoisotopic (exact) mass is 294 g/mol. The van der Waals surface area contributed by atoms with Gasteiger partial charge in [-0.05, 0) is 31.2 Å². The summed E-state index contributed by atoms with van der Waals surface area (Å²) in [6.45, 7) is 1.55. The normalized spacial score (nSPS) is 13.3. The number of aromatic nitrogens is 1. The SMILES string of the molecule is N#Cc1c(NCC[NH3+])[nH+]c(-c2ccccc2)c2c1CCCC2. The number of hydrogen-bond donors (Lipinski definition) is 2. The van der Waals surface area contributed by atoms with Gasteiger partial charge in [-0.25, -0.2) is 4.98 Å². The summed E-state index contributed by atoms with van der Waals surface area (Å²) >= 11 is 0. The molecular formula is C18H22N4+2. The van der Waals surface area contributed by atoms with Crippen LogP contribution in [-0.4, -0.2) is 13.1 Å². The largest absolute Gasteiger partial charge is 0.354 e. The molecule has 22 heavy (non-hydrogen) atoms. The van der Waals surface area contributed by atoms with E-state index in [9.17, 15) is 5.26 Å². The predicted molar refractivity (Wildman–Crippen MR) is 86.0 cm³/mol. The number of benzene rings is 1. The van der Waals surface area contributed by atoms with Crippen LogP contribution in [0, 0.1) is 11.3 Å². The van der Waals surface area contributed by atoms with Crippen LogP contribution in [-0.2, 0) is 12.8 Å². The Kier molecular flexibility index (Phi) is 4.36. The molecule has 0 fully saturated rings. The van der Waals surface area contributed by atoms with Crippen LogP contribution >= 0.6 is 0 Å². The lowest BCUT2D eigenvalue weighted by atomic mass is 9.86. The number of hydrogen-bond acceptors (Lipinski definition) is 2. The topological polar surface area (TPSA) is 77.6 Å². The van der Waals surface area contributed by atoms with Crippen molar-refractivity contribution >= 4 is 5.82 Å². The molecule has 0 radical (unpaired) electrons. The maximum absolute atomic E-state index is 9.61. The molecule has 0 unspecified atom stereocenters. The Morgan fingerprint density at radius 1 is 1.14 bits per heavy atom. The van der Waals surface area contributed by atoms with Crippen LogP contribution < -0.4 is 16.0 Å². The molecule has 4 heteroatoms. The van der Waals surface area contributed by atoms with Gasteiger partial charge in [0.15, 0.2) is 0 Å². The standard InChI is InChI=1S/C18H20N4/c19-10-11-21-18-16(12-20)14-8-4-5-9-15(14)17(22-18)13-6-2-1-3-7-13/h1-3,6-7H,4-5,8-11,19H2,(H,21,22)/p+2. The van der Waals surface area contributed by atoms with Crippen molar-refractivity contribution in [1.29, 1.82) is 5.26 Å². The molecule has 1 aromatic carbocycles. The van der Waals surface area contributed by atoms with Crippen molar-refractivity contribution in [1.82, 2.24) is 0 Å². The van der Waals surface area contributed by atoms with Crippen LogP contribution in [0.15, 0.2) is 30.3 Å². The average molecular weight is 294 g/mol. The summed E-state index contributed by atoms with van der Waals surface area (Å²) in [4.78, 5) is 3.48. The van der Waals surface area contributed by atoms with Gasteiger partial charge in [-0.1, -0.05) is 30.3 Å². The summed E-state index contributed by atoms with van der Waals surface area (Å²) in [5.74, 6) is 0.839. The van der Waals surface area contributed by atoms with Crippen molar-refractivity contribution in [2.24, 2.45) is 0 Å². The molecule has 0 spiro atoms. The van der Waals surface area contributed by atoms with E-state index in [1.807, 2.05) is 6.07 Å². The molecule has 1 heterocycles. The third-order valence-electron chi connectivity index (χ3n) is 4.22. The van der Waals surface area contributed by atoms with Crippen molar-refractivity contribution in [2.45, 2.75) is 25.7 Å². The van der Waals surface area contributed by atoms with Gasteiger partial charge in [-0.2, -0.15) is 5.26 Å². The maximum Gasteiger partial charge on any atom is 0.291 e. The first kappa shape index (κ1) is 14.6. The molecule has 0 amide bonds. The molecule has 1 aliphatic carbocycles. The second kappa shape index (κ2) is 6.59. The van der Waals surface area contributed by atoms with E-state index in [0.29, 0.717) is 0 Å². The van der Waals surface area contributed by atoms with Gasteiger partial charge in [-0.15, -0.1) is 0 Å². The molecule has 0 bridgehead atoms. The zero-order valence-corrected chi connectivity index (χ0v) is 12.8.